The molecule has 1 fully saturated rings. The second-order valence-electron chi connectivity index (χ2n) is 7.39. The van der Waals surface area contributed by atoms with Crippen molar-refractivity contribution in [1.82, 2.24) is 0 Å². The van der Waals surface area contributed by atoms with Gasteiger partial charge in [-0.05, 0) is 54.5 Å². The minimum absolute atomic E-state index is 0.379. The van der Waals surface area contributed by atoms with Crippen LogP contribution in [0.2, 0.25) is 0 Å². The largest absolute Gasteiger partial charge is 0.497 e. The molecular weight excluding hydrogens is 320 g/mol. The smallest absolute Gasteiger partial charge is 0.155 e. The maximum atomic E-state index is 6.87. The van der Waals surface area contributed by atoms with Crippen LogP contribution >= 0.6 is 0 Å². The molecule has 3 aromatic carbocycles. The van der Waals surface area contributed by atoms with Crippen LogP contribution in [0.25, 0.3) is 16.8 Å². The van der Waals surface area contributed by atoms with Gasteiger partial charge in [-0.2, -0.15) is 0 Å². The Morgan fingerprint density at radius 3 is 2.54 bits per heavy atom. The summed E-state index contributed by atoms with van der Waals surface area (Å²) in [5.74, 6) is 2.42. The summed E-state index contributed by atoms with van der Waals surface area (Å²) in [5, 5.41) is 2.43. The van der Waals surface area contributed by atoms with Crippen molar-refractivity contribution in [1.29, 1.82) is 0 Å². The van der Waals surface area contributed by atoms with Gasteiger partial charge in [-0.25, -0.2) is 0 Å². The monoisotopic (exact) mass is 342 g/mol. The average Bonchev–Trinajstić information content (AvgIpc) is 3.53. The molecule has 0 saturated heterocycles. The first-order valence-corrected chi connectivity index (χ1v) is 9.26. The van der Waals surface area contributed by atoms with Crippen LogP contribution in [0.3, 0.4) is 0 Å². The summed E-state index contributed by atoms with van der Waals surface area (Å²) in [4.78, 5) is 0. The van der Waals surface area contributed by atoms with E-state index in [2.05, 4.69) is 61.5 Å². The Balaban J connectivity index is 1.70. The van der Waals surface area contributed by atoms with Gasteiger partial charge in [0.1, 0.15) is 11.5 Å². The van der Waals surface area contributed by atoms with Gasteiger partial charge in [-0.15, -0.1) is 0 Å². The van der Waals surface area contributed by atoms with Gasteiger partial charge >= 0.3 is 0 Å². The van der Waals surface area contributed by atoms with Gasteiger partial charge < -0.3 is 9.47 Å². The molecular formula is C24H22O2. The highest BCUT2D eigenvalue weighted by atomic mass is 16.5. The topological polar surface area (TPSA) is 18.5 Å². The van der Waals surface area contributed by atoms with Gasteiger partial charge in [0, 0.05) is 16.9 Å². The number of methoxy groups -OCH3 is 1. The first-order chi connectivity index (χ1) is 12.7. The van der Waals surface area contributed by atoms with Crippen LogP contribution in [0, 0.1) is 12.8 Å². The van der Waals surface area contributed by atoms with Crippen molar-refractivity contribution in [2.75, 3.05) is 7.11 Å². The molecule has 1 aliphatic carbocycles. The van der Waals surface area contributed by atoms with Crippen molar-refractivity contribution in [3.05, 3.63) is 77.4 Å². The summed E-state index contributed by atoms with van der Waals surface area (Å²) in [5.41, 5.74) is 3.28. The van der Waals surface area contributed by atoms with Crippen LogP contribution < -0.4 is 9.47 Å². The number of benzene rings is 3. The molecule has 2 nitrogen and oxygen atoms in total. The second-order valence-corrected chi connectivity index (χ2v) is 7.39. The molecule has 1 aliphatic heterocycles. The number of hydrogen-bond donors (Lipinski definition) is 0. The van der Waals surface area contributed by atoms with Gasteiger partial charge in [0.05, 0.1) is 7.11 Å². The third kappa shape index (κ3) is 2.25. The van der Waals surface area contributed by atoms with Crippen molar-refractivity contribution >= 4 is 16.8 Å². The standard InChI is InChI=1S/C24H22O2/c1-16-15-17-5-3-4-6-22(17)23-21(16)13-14-24(26-23,18-7-8-18)19-9-11-20(25-2)12-10-19/h3-6,9-15,18H,7-8H2,1-2H3. The lowest BCUT2D eigenvalue weighted by molar-refractivity contribution is 0.0935. The highest BCUT2D eigenvalue weighted by molar-refractivity contribution is 5.93. The lowest BCUT2D eigenvalue weighted by Crippen LogP contribution is -2.35. The van der Waals surface area contributed by atoms with Crippen LogP contribution in [-0.2, 0) is 5.60 Å². The quantitative estimate of drug-likeness (QED) is 0.593. The normalized spacial score (nSPS) is 21.3. The van der Waals surface area contributed by atoms with Crippen LogP contribution in [0.1, 0.15) is 29.5 Å². The Kier molecular flexibility index (Phi) is 3.36. The Bertz CT molecular complexity index is 1010. The summed E-state index contributed by atoms with van der Waals surface area (Å²) >= 11 is 0. The molecule has 5 rings (SSSR count). The van der Waals surface area contributed by atoms with Crippen LogP contribution in [-0.4, -0.2) is 7.11 Å². The van der Waals surface area contributed by atoms with E-state index in [9.17, 15) is 0 Å². The molecule has 26 heavy (non-hydrogen) atoms. The minimum atomic E-state index is -0.379. The van der Waals surface area contributed by atoms with Crippen molar-refractivity contribution < 1.29 is 9.47 Å². The predicted octanol–water partition coefficient (Wildman–Crippen LogP) is 5.87. The van der Waals surface area contributed by atoms with Crippen LogP contribution in [0.15, 0.2) is 60.7 Å². The predicted molar refractivity (Wildman–Crippen MR) is 106 cm³/mol. The van der Waals surface area contributed by atoms with E-state index < -0.39 is 0 Å². The molecule has 1 atom stereocenters. The van der Waals surface area contributed by atoms with Gasteiger partial charge in [-0.1, -0.05) is 48.5 Å². The lowest BCUT2D eigenvalue weighted by atomic mass is 9.84. The van der Waals surface area contributed by atoms with Crippen molar-refractivity contribution in [3.8, 4) is 11.5 Å². The summed E-state index contributed by atoms with van der Waals surface area (Å²) in [6.45, 7) is 2.16. The number of aryl methyl sites for hydroxylation is 1. The summed E-state index contributed by atoms with van der Waals surface area (Å²) < 4.78 is 12.2. The van der Waals surface area contributed by atoms with Crippen molar-refractivity contribution in [2.24, 2.45) is 5.92 Å². The number of rotatable bonds is 3. The van der Waals surface area contributed by atoms with E-state index in [0.29, 0.717) is 5.92 Å². The van der Waals surface area contributed by atoms with E-state index in [-0.39, 0.29) is 5.60 Å². The first kappa shape index (κ1) is 15.5. The van der Waals surface area contributed by atoms with Gasteiger partial charge in [0.15, 0.2) is 5.60 Å². The molecule has 130 valence electrons. The number of fused-ring (bicyclic) bond motifs is 3. The fourth-order valence-electron chi connectivity index (χ4n) is 4.17. The molecule has 3 aromatic rings. The van der Waals surface area contributed by atoms with Crippen LogP contribution in [0.5, 0.6) is 11.5 Å². The van der Waals surface area contributed by atoms with E-state index >= 15 is 0 Å². The molecule has 1 unspecified atom stereocenters. The fourth-order valence-corrected chi connectivity index (χ4v) is 4.17. The molecule has 2 heteroatoms. The molecule has 1 saturated carbocycles. The Morgan fingerprint density at radius 1 is 1.04 bits per heavy atom. The van der Waals surface area contributed by atoms with E-state index in [0.717, 1.165) is 11.5 Å². The zero-order valence-corrected chi connectivity index (χ0v) is 15.2. The Hall–Kier alpha value is -2.74. The van der Waals surface area contributed by atoms with Gasteiger partial charge in [0.2, 0.25) is 0 Å². The average molecular weight is 342 g/mol. The second kappa shape index (κ2) is 5.63. The SMILES string of the molecule is COc1ccc(C2(C3CC3)C=Cc3c(C)cc4ccccc4c3O2)cc1. The van der Waals surface area contributed by atoms with E-state index in [1.807, 2.05) is 12.1 Å². The maximum absolute atomic E-state index is 6.87. The Labute approximate surface area is 154 Å². The molecule has 0 radical (unpaired) electrons. The summed E-state index contributed by atoms with van der Waals surface area (Å²) in [6.07, 6.45) is 6.95. The summed E-state index contributed by atoms with van der Waals surface area (Å²) in [6, 6.07) is 19.1. The van der Waals surface area contributed by atoms with E-state index in [1.165, 1.54) is 40.3 Å². The first-order valence-electron chi connectivity index (χ1n) is 9.26. The molecule has 0 bridgehead atoms. The number of hydrogen-bond acceptors (Lipinski definition) is 2. The maximum Gasteiger partial charge on any atom is 0.155 e. The molecule has 0 spiro atoms. The third-order valence-corrected chi connectivity index (χ3v) is 5.74. The molecule has 0 amide bonds. The number of ether oxygens (including phenoxy) is 2. The zero-order chi connectivity index (χ0) is 17.7. The van der Waals surface area contributed by atoms with E-state index in [1.54, 1.807) is 7.11 Å². The third-order valence-electron chi connectivity index (χ3n) is 5.74. The van der Waals surface area contributed by atoms with Crippen molar-refractivity contribution in [3.63, 3.8) is 0 Å². The summed E-state index contributed by atoms with van der Waals surface area (Å²) in [7, 11) is 1.70. The molecule has 0 aromatic heterocycles. The molecule has 2 aliphatic rings. The van der Waals surface area contributed by atoms with Crippen LogP contribution in [0.4, 0.5) is 0 Å². The Morgan fingerprint density at radius 2 is 1.81 bits per heavy atom. The van der Waals surface area contributed by atoms with Gasteiger partial charge in [0.25, 0.3) is 0 Å². The minimum Gasteiger partial charge on any atom is -0.497 e. The zero-order valence-electron chi connectivity index (χ0n) is 15.2. The highest BCUT2D eigenvalue weighted by Crippen LogP contribution is 2.53. The highest BCUT2D eigenvalue weighted by Gasteiger charge is 2.48. The van der Waals surface area contributed by atoms with E-state index in [4.69, 9.17) is 9.47 Å². The molecule has 0 N–H and O–H groups in total. The lowest BCUT2D eigenvalue weighted by Gasteiger charge is -2.37. The fraction of sp³-hybridized carbons (Fsp3) is 0.250. The van der Waals surface area contributed by atoms with Gasteiger partial charge in [-0.3, -0.25) is 0 Å². The molecule has 1 heterocycles. The van der Waals surface area contributed by atoms with Crippen molar-refractivity contribution in [2.45, 2.75) is 25.4 Å².